The molecule has 10 aromatic carbocycles. The fraction of sp³-hybridized carbons (Fsp3) is 0.0563. The van der Waals surface area contributed by atoms with Gasteiger partial charge in [-0.1, -0.05) is 201 Å². The van der Waals surface area contributed by atoms with E-state index in [2.05, 4.69) is 206 Å². The largest absolute Gasteiger partial charge is 0.282 e. The van der Waals surface area contributed by atoms with Crippen LogP contribution in [-0.2, 0) is 0 Å². The molecule has 0 bridgehead atoms. The number of nitrogens with one attached hydrogen (secondary N) is 1. The molecule has 0 unspecified atom stereocenters. The van der Waals surface area contributed by atoms with Crippen molar-refractivity contribution in [1.29, 1.82) is 5.41 Å². The molecular formula is C71H55N5. The van der Waals surface area contributed by atoms with Gasteiger partial charge in [-0.25, -0.2) is 15.0 Å². The Bertz CT molecular complexity index is 4210. The van der Waals surface area contributed by atoms with Crippen LogP contribution in [0.25, 0.3) is 105 Å². The molecule has 1 N–H and O–H groups in total. The molecule has 12 rings (SSSR count). The van der Waals surface area contributed by atoms with E-state index in [4.69, 9.17) is 10.4 Å². The van der Waals surface area contributed by atoms with E-state index in [-0.39, 0.29) is 5.84 Å². The van der Waals surface area contributed by atoms with E-state index in [0.29, 0.717) is 11.4 Å². The highest BCUT2D eigenvalue weighted by Crippen LogP contribution is 2.42. The summed E-state index contributed by atoms with van der Waals surface area (Å²) in [6.45, 7) is 10.2. The number of aliphatic imine (C=N–C) groups is 2. The molecule has 2 heterocycles. The molecule has 0 aliphatic carbocycles. The first kappa shape index (κ1) is 48.6. The fourth-order valence-electron chi connectivity index (χ4n) is 10.3. The summed E-state index contributed by atoms with van der Waals surface area (Å²) in [5, 5.41) is 17.0. The van der Waals surface area contributed by atoms with Crippen molar-refractivity contribution in [3.63, 3.8) is 0 Å². The summed E-state index contributed by atoms with van der Waals surface area (Å²) in [5.41, 5.74) is 17.1. The highest BCUT2D eigenvalue weighted by Gasteiger charge is 2.18. The van der Waals surface area contributed by atoms with E-state index in [9.17, 15) is 0 Å². The second-order valence-corrected chi connectivity index (χ2v) is 19.1. The van der Waals surface area contributed by atoms with Gasteiger partial charge >= 0.3 is 0 Å². The first-order valence-electron chi connectivity index (χ1n) is 25.8. The predicted octanol–water partition coefficient (Wildman–Crippen LogP) is 18.6. The Balaban J connectivity index is 0.000000816. The topological polar surface area (TPSA) is 74.3 Å². The SMILES string of the molecule is C=NC(=NC(=N)c1cccc(-c2cccc(-c3cc(-c4cccc5cc(-c6nc7ccccc7c7ccncc67)ccc45)cc(-c4c(/C=C\CC)c(C)cc5ccccc45)c3)c2)c1)c1ccccc1.Cc1ccccc1. The van der Waals surface area contributed by atoms with Crippen molar-refractivity contribution >= 4 is 67.7 Å². The van der Waals surface area contributed by atoms with E-state index >= 15 is 0 Å². The summed E-state index contributed by atoms with van der Waals surface area (Å²) in [6.07, 6.45) is 9.29. The second-order valence-electron chi connectivity index (χ2n) is 19.1. The monoisotopic (exact) mass is 977 g/mol. The number of benzene rings is 10. The van der Waals surface area contributed by atoms with Crippen LogP contribution >= 0.6 is 0 Å². The Morgan fingerprint density at radius 1 is 0.513 bits per heavy atom. The first-order valence-corrected chi connectivity index (χ1v) is 25.8. The van der Waals surface area contributed by atoms with E-state index in [0.717, 1.165) is 94.6 Å². The Kier molecular flexibility index (Phi) is 13.9. The van der Waals surface area contributed by atoms with Gasteiger partial charge in [0.1, 0.15) is 0 Å². The Morgan fingerprint density at radius 2 is 1.14 bits per heavy atom. The van der Waals surface area contributed by atoms with Crippen LogP contribution in [-0.4, -0.2) is 28.4 Å². The van der Waals surface area contributed by atoms with Gasteiger partial charge in [0.15, 0.2) is 11.7 Å². The zero-order valence-corrected chi connectivity index (χ0v) is 42.9. The molecule has 5 heteroatoms. The van der Waals surface area contributed by atoms with Gasteiger partial charge in [0.25, 0.3) is 0 Å². The molecule has 0 saturated carbocycles. The summed E-state index contributed by atoms with van der Waals surface area (Å²) in [4.78, 5) is 18.5. The third kappa shape index (κ3) is 10.0. The van der Waals surface area contributed by atoms with Gasteiger partial charge in [0.05, 0.1) is 11.2 Å². The van der Waals surface area contributed by atoms with Gasteiger partial charge in [0.2, 0.25) is 0 Å². The smallest absolute Gasteiger partial charge is 0.161 e. The number of amidine groups is 2. The minimum absolute atomic E-state index is 0.121. The van der Waals surface area contributed by atoms with Crippen LogP contribution in [0.3, 0.4) is 0 Å². The third-order valence-corrected chi connectivity index (χ3v) is 14.0. The molecule has 0 atom stereocenters. The number of aromatic nitrogens is 2. The Hall–Kier alpha value is -9.71. The van der Waals surface area contributed by atoms with Gasteiger partial charge in [-0.3, -0.25) is 10.4 Å². The molecule has 5 nitrogen and oxygen atoms in total. The number of hydrogen-bond donors (Lipinski definition) is 1. The van der Waals surface area contributed by atoms with Crippen LogP contribution in [0.1, 0.15) is 41.2 Å². The number of para-hydroxylation sites is 1. The van der Waals surface area contributed by atoms with Crippen molar-refractivity contribution in [1.82, 2.24) is 9.97 Å². The zero-order chi connectivity index (χ0) is 52.0. The van der Waals surface area contributed by atoms with Crippen molar-refractivity contribution in [3.05, 3.63) is 271 Å². The number of fused-ring (bicyclic) bond motifs is 5. The maximum Gasteiger partial charge on any atom is 0.161 e. The molecule has 364 valence electrons. The number of aryl methyl sites for hydroxylation is 2. The van der Waals surface area contributed by atoms with Gasteiger partial charge in [-0.2, -0.15) is 0 Å². The molecule has 0 fully saturated rings. The van der Waals surface area contributed by atoms with Gasteiger partial charge in [-0.15, -0.1) is 0 Å². The highest BCUT2D eigenvalue weighted by molar-refractivity contribution is 6.13. The van der Waals surface area contributed by atoms with Crippen LogP contribution in [0.5, 0.6) is 0 Å². The standard InChI is InChI=1S/C64H47N5.C7H8/c1-4-5-24-53-41(2)33-46-18-9-10-25-56(46)61(53)52-38-50(45-21-13-19-43(34-45)44-20-14-23-49(35-44)63(65)69-64(66-3)42-16-7-6-8-17-42)37-51(39-52)54-27-15-22-47-36-48(29-30-55(47)54)62-59-40-67-32-31-57(59)58-26-11-12-28-60(58)68-62;1-7-5-3-2-4-6-7/h5-40,65H,3-4H2,1-2H3;2-6H,1H3/b24-5-,65-63?,69-64?;. The van der Waals surface area contributed by atoms with E-state index in [1.165, 1.54) is 33.0 Å². The zero-order valence-electron chi connectivity index (χ0n) is 42.9. The second kappa shape index (κ2) is 21.8. The Labute approximate surface area is 444 Å². The molecule has 0 aliphatic rings. The van der Waals surface area contributed by atoms with Crippen LogP contribution in [0.2, 0.25) is 0 Å². The van der Waals surface area contributed by atoms with Crippen LogP contribution < -0.4 is 0 Å². The maximum atomic E-state index is 8.98. The molecule has 76 heavy (non-hydrogen) atoms. The lowest BCUT2D eigenvalue weighted by atomic mass is 9.85. The van der Waals surface area contributed by atoms with Gasteiger partial charge < -0.3 is 0 Å². The number of pyridine rings is 2. The van der Waals surface area contributed by atoms with E-state index < -0.39 is 0 Å². The predicted molar refractivity (Wildman–Crippen MR) is 324 cm³/mol. The quantitative estimate of drug-likeness (QED) is 0.0889. The Morgan fingerprint density at radius 3 is 1.92 bits per heavy atom. The summed E-state index contributed by atoms with van der Waals surface area (Å²) in [5.74, 6) is 0.536. The molecule has 12 aromatic rings. The number of nitrogens with zero attached hydrogens (tertiary/aromatic N) is 4. The lowest BCUT2D eigenvalue weighted by molar-refractivity contribution is 1.23. The maximum absolute atomic E-state index is 8.98. The van der Waals surface area contributed by atoms with Crippen molar-refractivity contribution in [2.45, 2.75) is 27.2 Å². The third-order valence-electron chi connectivity index (χ3n) is 14.0. The molecule has 0 radical (unpaired) electrons. The van der Waals surface area contributed by atoms with E-state index in [1.807, 2.05) is 85.2 Å². The number of rotatable bonds is 9. The fourth-order valence-corrected chi connectivity index (χ4v) is 10.3. The highest BCUT2D eigenvalue weighted by atomic mass is 14.9. The van der Waals surface area contributed by atoms with Gasteiger partial charge in [0, 0.05) is 39.9 Å². The van der Waals surface area contributed by atoms with Gasteiger partial charge in [-0.05, 0) is 158 Å². The molecule has 0 amide bonds. The molecular weight excluding hydrogens is 923 g/mol. The first-order chi connectivity index (χ1) is 37.3. The summed E-state index contributed by atoms with van der Waals surface area (Å²) in [6, 6.07) is 78.5. The molecule has 0 saturated heterocycles. The van der Waals surface area contributed by atoms with Crippen LogP contribution in [0, 0.1) is 19.3 Å². The summed E-state index contributed by atoms with van der Waals surface area (Å²) < 4.78 is 0. The average Bonchev–Trinajstić information content (AvgIpc) is 3.55. The van der Waals surface area contributed by atoms with Crippen molar-refractivity contribution < 1.29 is 0 Å². The van der Waals surface area contributed by atoms with Crippen molar-refractivity contribution in [3.8, 4) is 55.8 Å². The lowest BCUT2D eigenvalue weighted by Gasteiger charge is -2.18. The van der Waals surface area contributed by atoms with Crippen molar-refractivity contribution in [2.75, 3.05) is 0 Å². The summed E-state index contributed by atoms with van der Waals surface area (Å²) in [7, 11) is 0. The average molecular weight is 978 g/mol. The van der Waals surface area contributed by atoms with Crippen LogP contribution in [0.15, 0.2) is 253 Å². The van der Waals surface area contributed by atoms with E-state index in [1.54, 1.807) is 0 Å². The minimum Gasteiger partial charge on any atom is -0.282 e. The number of hydrogen-bond acceptors (Lipinski definition) is 3. The minimum atomic E-state index is 0.121. The number of allylic oxidation sites excluding steroid dienone is 1. The molecule has 0 spiro atoms. The normalized spacial score (nSPS) is 11.5. The van der Waals surface area contributed by atoms with Crippen LogP contribution in [0.4, 0.5) is 0 Å². The lowest BCUT2D eigenvalue weighted by Crippen LogP contribution is -2.03. The van der Waals surface area contributed by atoms with Crippen molar-refractivity contribution in [2.24, 2.45) is 9.98 Å². The summed E-state index contributed by atoms with van der Waals surface area (Å²) >= 11 is 0. The molecule has 2 aromatic heterocycles. The molecule has 0 aliphatic heterocycles.